The van der Waals surface area contributed by atoms with E-state index in [1.807, 2.05) is 24.4 Å². The Labute approximate surface area is 89.0 Å². The summed E-state index contributed by atoms with van der Waals surface area (Å²) in [6, 6.07) is 5.82. The van der Waals surface area contributed by atoms with Gasteiger partial charge in [0, 0.05) is 25.1 Å². The third-order valence-electron chi connectivity index (χ3n) is 2.07. The van der Waals surface area contributed by atoms with Gasteiger partial charge in [-0.2, -0.15) is 5.10 Å². The molecule has 2 aromatic rings. The quantitative estimate of drug-likeness (QED) is 0.825. The van der Waals surface area contributed by atoms with Crippen LogP contribution in [0.2, 0.25) is 0 Å². The number of anilines is 1. The Kier molecular flexibility index (Phi) is 2.97. The first kappa shape index (κ1) is 9.71. The molecule has 15 heavy (non-hydrogen) atoms. The minimum absolute atomic E-state index is 0.843. The first-order valence-electron chi connectivity index (χ1n) is 5.10. The molecule has 0 spiro atoms. The van der Waals surface area contributed by atoms with E-state index < -0.39 is 0 Å². The summed E-state index contributed by atoms with van der Waals surface area (Å²) in [6.45, 7) is 3.08. The van der Waals surface area contributed by atoms with E-state index in [9.17, 15) is 0 Å². The summed E-state index contributed by atoms with van der Waals surface area (Å²) in [6.07, 6.45) is 6.50. The molecule has 0 aliphatic heterocycles. The van der Waals surface area contributed by atoms with Gasteiger partial charge in [-0.25, -0.2) is 9.67 Å². The van der Waals surface area contributed by atoms with Crippen LogP contribution >= 0.6 is 0 Å². The van der Waals surface area contributed by atoms with Gasteiger partial charge in [-0.1, -0.05) is 6.92 Å². The summed E-state index contributed by atoms with van der Waals surface area (Å²) in [4.78, 5) is 4.31. The molecule has 0 saturated carbocycles. The standard InChI is InChI=1S/C11H14N4/c1-2-6-12-10-5-3-7-13-11(10)15-9-4-8-14-15/h3-5,7-9,12H,2,6H2,1H3. The molecule has 0 radical (unpaired) electrons. The van der Waals surface area contributed by atoms with Gasteiger partial charge in [0.2, 0.25) is 0 Å². The van der Waals surface area contributed by atoms with Gasteiger partial charge in [0.1, 0.15) is 0 Å². The average molecular weight is 202 g/mol. The van der Waals surface area contributed by atoms with Crippen LogP contribution in [-0.4, -0.2) is 21.3 Å². The van der Waals surface area contributed by atoms with Crippen molar-refractivity contribution >= 4 is 5.69 Å². The number of rotatable bonds is 4. The topological polar surface area (TPSA) is 42.7 Å². The van der Waals surface area contributed by atoms with Crippen LogP contribution in [-0.2, 0) is 0 Å². The number of nitrogens with one attached hydrogen (secondary N) is 1. The monoisotopic (exact) mass is 202 g/mol. The zero-order valence-electron chi connectivity index (χ0n) is 8.72. The molecular weight excluding hydrogens is 188 g/mol. The fraction of sp³-hybridized carbons (Fsp3) is 0.273. The molecular formula is C11H14N4. The SMILES string of the molecule is CCCNc1cccnc1-n1cccn1. The van der Waals surface area contributed by atoms with E-state index in [1.165, 1.54) is 0 Å². The highest BCUT2D eigenvalue weighted by Crippen LogP contribution is 2.15. The van der Waals surface area contributed by atoms with Crippen LogP contribution in [0, 0.1) is 0 Å². The van der Waals surface area contributed by atoms with Crippen molar-refractivity contribution in [1.82, 2.24) is 14.8 Å². The summed E-state index contributed by atoms with van der Waals surface area (Å²) >= 11 is 0. The molecule has 2 aromatic heterocycles. The van der Waals surface area contributed by atoms with Gasteiger partial charge < -0.3 is 5.32 Å². The maximum absolute atomic E-state index is 4.31. The average Bonchev–Trinajstić information content (AvgIpc) is 2.80. The van der Waals surface area contributed by atoms with Crippen molar-refractivity contribution in [3.63, 3.8) is 0 Å². The number of aromatic nitrogens is 3. The lowest BCUT2D eigenvalue weighted by Gasteiger charge is -2.09. The Morgan fingerprint density at radius 3 is 3.00 bits per heavy atom. The molecule has 0 aromatic carbocycles. The summed E-state index contributed by atoms with van der Waals surface area (Å²) < 4.78 is 1.76. The predicted molar refractivity (Wildman–Crippen MR) is 60.1 cm³/mol. The second-order valence-electron chi connectivity index (χ2n) is 3.25. The summed E-state index contributed by atoms with van der Waals surface area (Å²) in [5.74, 6) is 0.843. The van der Waals surface area contributed by atoms with Crippen LogP contribution in [0.25, 0.3) is 5.82 Å². The van der Waals surface area contributed by atoms with Crippen molar-refractivity contribution in [3.8, 4) is 5.82 Å². The third kappa shape index (κ3) is 2.15. The molecule has 4 heteroatoms. The minimum Gasteiger partial charge on any atom is -0.382 e. The second kappa shape index (κ2) is 4.59. The third-order valence-corrected chi connectivity index (χ3v) is 2.07. The first-order valence-corrected chi connectivity index (χ1v) is 5.10. The van der Waals surface area contributed by atoms with Crippen molar-refractivity contribution in [1.29, 1.82) is 0 Å². The fourth-order valence-electron chi connectivity index (χ4n) is 1.37. The lowest BCUT2D eigenvalue weighted by molar-refractivity contribution is 0.844. The molecule has 0 unspecified atom stereocenters. The van der Waals surface area contributed by atoms with Crippen LogP contribution in [0.4, 0.5) is 5.69 Å². The molecule has 0 aliphatic rings. The molecule has 0 aliphatic carbocycles. The van der Waals surface area contributed by atoms with Crippen LogP contribution in [0.5, 0.6) is 0 Å². The van der Waals surface area contributed by atoms with Gasteiger partial charge in [0.05, 0.1) is 5.69 Å². The molecule has 0 atom stereocenters. The zero-order valence-corrected chi connectivity index (χ0v) is 8.72. The molecule has 4 nitrogen and oxygen atoms in total. The van der Waals surface area contributed by atoms with E-state index in [0.717, 1.165) is 24.5 Å². The molecule has 0 fully saturated rings. The van der Waals surface area contributed by atoms with Gasteiger partial charge in [-0.3, -0.25) is 0 Å². The zero-order chi connectivity index (χ0) is 10.5. The number of hydrogen-bond acceptors (Lipinski definition) is 3. The van der Waals surface area contributed by atoms with Gasteiger partial charge in [0.25, 0.3) is 0 Å². The summed E-state index contributed by atoms with van der Waals surface area (Å²) in [5.41, 5.74) is 1.02. The molecule has 2 heterocycles. The highest BCUT2D eigenvalue weighted by molar-refractivity contribution is 5.56. The van der Waals surface area contributed by atoms with Gasteiger partial charge >= 0.3 is 0 Å². The fourth-order valence-corrected chi connectivity index (χ4v) is 1.37. The Balaban J connectivity index is 2.30. The molecule has 0 bridgehead atoms. The summed E-state index contributed by atoms with van der Waals surface area (Å²) in [7, 11) is 0. The minimum atomic E-state index is 0.843. The summed E-state index contributed by atoms with van der Waals surface area (Å²) in [5, 5.41) is 7.50. The predicted octanol–water partition coefficient (Wildman–Crippen LogP) is 2.09. The maximum atomic E-state index is 4.31. The van der Waals surface area contributed by atoms with Gasteiger partial charge in [-0.05, 0) is 24.6 Å². The lowest BCUT2D eigenvalue weighted by atomic mass is 10.3. The Hall–Kier alpha value is -1.84. The van der Waals surface area contributed by atoms with Crippen LogP contribution < -0.4 is 5.32 Å². The van der Waals surface area contributed by atoms with Gasteiger partial charge in [0.15, 0.2) is 5.82 Å². The second-order valence-corrected chi connectivity index (χ2v) is 3.25. The van der Waals surface area contributed by atoms with Crippen LogP contribution in [0.3, 0.4) is 0 Å². The van der Waals surface area contributed by atoms with E-state index in [4.69, 9.17) is 0 Å². The Morgan fingerprint density at radius 1 is 1.33 bits per heavy atom. The highest BCUT2D eigenvalue weighted by Gasteiger charge is 2.03. The van der Waals surface area contributed by atoms with Crippen molar-refractivity contribution in [2.45, 2.75) is 13.3 Å². The van der Waals surface area contributed by atoms with Crippen LogP contribution in [0.1, 0.15) is 13.3 Å². The maximum Gasteiger partial charge on any atom is 0.176 e. The van der Waals surface area contributed by atoms with E-state index in [1.54, 1.807) is 17.1 Å². The number of pyridine rings is 1. The van der Waals surface area contributed by atoms with E-state index in [-0.39, 0.29) is 0 Å². The van der Waals surface area contributed by atoms with Crippen molar-refractivity contribution in [2.75, 3.05) is 11.9 Å². The Bertz CT molecular complexity index is 408. The smallest absolute Gasteiger partial charge is 0.176 e. The van der Waals surface area contributed by atoms with E-state index in [2.05, 4.69) is 22.3 Å². The molecule has 0 saturated heterocycles. The number of hydrogen-bond donors (Lipinski definition) is 1. The van der Waals surface area contributed by atoms with Crippen molar-refractivity contribution in [3.05, 3.63) is 36.8 Å². The molecule has 2 rings (SSSR count). The molecule has 0 amide bonds. The normalized spacial score (nSPS) is 10.2. The van der Waals surface area contributed by atoms with Crippen molar-refractivity contribution in [2.24, 2.45) is 0 Å². The first-order chi connectivity index (χ1) is 7.42. The highest BCUT2D eigenvalue weighted by atomic mass is 15.3. The number of nitrogens with zero attached hydrogens (tertiary/aromatic N) is 3. The van der Waals surface area contributed by atoms with E-state index in [0.29, 0.717) is 0 Å². The Morgan fingerprint density at radius 2 is 2.27 bits per heavy atom. The van der Waals surface area contributed by atoms with Gasteiger partial charge in [-0.15, -0.1) is 0 Å². The van der Waals surface area contributed by atoms with Crippen molar-refractivity contribution < 1.29 is 0 Å². The molecule has 78 valence electrons. The molecule has 1 N–H and O–H groups in total. The van der Waals surface area contributed by atoms with Crippen LogP contribution in [0.15, 0.2) is 36.8 Å². The lowest BCUT2D eigenvalue weighted by Crippen LogP contribution is -2.06. The van der Waals surface area contributed by atoms with E-state index >= 15 is 0 Å². The largest absolute Gasteiger partial charge is 0.382 e.